The molecule has 2 heterocycles. The third kappa shape index (κ3) is 2.32. The predicted molar refractivity (Wildman–Crippen MR) is 58.0 cm³/mol. The van der Waals surface area contributed by atoms with E-state index in [0.717, 1.165) is 32.0 Å². The van der Waals surface area contributed by atoms with Crippen molar-refractivity contribution in [2.75, 3.05) is 13.2 Å². The van der Waals surface area contributed by atoms with Crippen molar-refractivity contribution in [1.29, 1.82) is 0 Å². The summed E-state index contributed by atoms with van der Waals surface area (Å²) in [6, 6.07) is 0. The van der Waals surface area contributed by atoms with Crippen molar-refractivity contribution in [2.45, 2.75) is 32.7 Å². The monoisotopic (exact) mass is 229 g/mol. The SMILES string of the molecule is CC(C)c1nnc(Cl)n1CC1CCOC1. The van der Waals surface area contributed by atoms with E-state index in [-0.39, 0.29) is 0 Å². The molecule has 1 unspecified atom stereocenters. The molecule has 4 nitrogen and oxygen atoms in total. The molecule has 2 rings (SSSR count). The summed E-state index contributed by atoms with van der Waals surface area (Å²) >= 11 is 6.02. The Morgan fingerprint density at radius 2 is 2.33 bits per heavy atom. The second-order valence-electron chi connectivity index (χ2n) is 4.32. The van der Waals surface area contributed by atoms with Crippen LogP contribution in [0.3, 0.4) is 0 Å². The Balaban J connectivity index is 2.14. The summed E-state index contributed by atoms with van der Waals surface area (Å²) in [5.74, 6) is 1.87. The molecule has 0 amide bonds. The highest BCUT2D eigenvalue weighted by atomic mass is 35.5. The number of hydrogen-bond acceptors (Lipinski definition) is 3. The molecule has 1 aliphatic heterocycles. The fourth-order valence-corrected chi connectivity index (χ4v) is 2.07. The van der Waals surface area contributed by atoms with Gasteiger partial charge in [-0.15, -0.1) is 10.2 Å². The lowest BCUT2D eigenvalue weighted by atomic mass is 10.1. The first-order chi connectivity index (χ1) is 7.18. The van der Waals surface area contributed by atoms with Crippen molar-refractivity contribution in [3.05, 3.63) is 11.1 Å². The fourth-order valence-electron chi connectivity index (χ4n) is 1.88. The Kier molecular flexibility index (Phi) is 3.26. The van der Waals surface area contributed by atoms with Gasteiger partial charge in [0.2, 0.25) is 5.28 Å². The van der Waals surface area contributed by atoms with Gasteiger partial charge in [-0.3, -0.25) is 0 Å². The number of aromatic nitrogens is 3. The molecule has 0 bridgehead atoms. The Bertz CT molecular complexity index is 331. The molecule has 1 atom stereocenters. The molecule has 15 heavy (non-hydrogen) atoms. The van der Waals surface area contributed by atoms with E-state index in [2.05, 4.69) is 24.0 Å². The van der Waals surface area contributed by atoms with Crippen LogP contribution in [0, 0.1) is 5.92 Å². The van der Waals surface area contributed by atoms with Gasteiger partial charge in [0, 0.05) is 25.0 Å². The van der Waals surface area contributed by atoms with Gasteiger partial charge in [-0.2, -0.15) is 0 Å². The number of ether oxygens (including phenoxy) is 1. The summed E-state index contributed by atoms with van der Waals surface area (Å²) in [5.41, 5.74) is 0. The third-order valence-electron chi connectivity index (χ3n) is 2.72. The molecule has 0 radical (unpaired) electrons. The van der Waals surface area contributed by atoms with E-state index in [4.69, 9.17) is 16.3 Å². The van der Waals surface area contributed by atoms with E-state index < -0.39 is 0 Å². The predicted octanol–water partition coefficient (Wildman–Crippen LogP) is 2.09. The topological polar surface area (TPSA) is 39.9 Å². The Hall–Kier alpha value is -0.610. The van der Waals surface area contributed by atoms with E-state index in [0.29, 0.717) is 17.1 Å². The Morgan fingerprint density at radius 3 is 2.93 bits per heavy atom. The molecule has 5 heteroatoms. The highest BCUT2D eigenvalue weighted by Gasteiger charge is 2.20. The zero-order valence-corrected chi connectivity index (χ0v) is 9.87. The fraction of sp³-hybridized carbons (Fsp3) is 0.800. The standard InChI is InChI=1S/C10H16ClN3O/c1-7(2)9-12-13-10(11)14(9)5-8-3-4-15-6-8/h7-8H,3-6H2,1-2H3. The maximum Gasteiger partial charge on any atom is 0.225 e. The highest BCUT2D eigenvalue weighted by Crippen LogP contribution is 2.21. The van der Waals surface area contributed by atoms with Crippen LogP contribution in [0.2, 0.25) is 5.28 Å². The number of rotatable bonds is 3. The van der Waals surface area contributed by atoms with Gasteiger partial charge in [0.05, 0.1) is 6.61 Å². The summed E-state index contributed by atoms with van der Waals surface area (Å²) in [4.78, 5) is 0. The van der Waals surface area contributed by atoms with E-state index in [1.54, 1.807) is 0 Å². The third-order valence-corrected chi connectivity index (χ3v) is 3.00. The summed E-state index contributed by atoms with van der Waals surface area (Å²) < 4.78 is 7.35. The van der Waals surface area contributed by atoms with E-state index >= 15 is 0 Å². The molecule has 0 saturated carbocycles. The molecule has 1 saturated heterocycles. The van der Waals surface area contributed by atoms with E-state index in [9.17, 15) is 0 Å². The molecule has 0 N–H and O–H groups in total. The molecule has 1 aromatic rings. The van der Waals surface area contributed by atoms with Gasteiger partial charge in [0.25, 0.3) is 0 Å². The highest BCUT2D eigenvalue weighted by molar-refractivity contribution is 6.28. The van der Waals surface area contributed by atoms with Crippen LogP contribution in [0.1, 0.15) is 32.0 Å². The maximum absolute atomic E-state index is 6.02. The first-order valence-corrected chi connectivity index (χ1v) is 5.72. The minimum Gasteiger partial charge on any atom is -0.381 e. The van der Waals surface area contributed by atoms with Gasteiger partial charge in [-0.1, -0.05) is 13.8 Å². The minimum atomic E-state index is 0.354. The number of halogens is 1. The lowest BCUT2D eigenvalue weighted by Gasteiger charge is -2.13. The van der Waals surface area contributed by atoms with E-state index in [1.807, 2.05) is 4.57 Å². The van der Waals surface area contributed by atoms with Crippen LogP contribution in [0.25, 0.3) is 0 Å². The van der Waals surface area contributed by atoms with Crippen molar-refractivity contribution >= 4 is 11.6 Å². The number of hydrogen-bond donors (Lipinski definition) is 0. The van der Waals surface area contributed by atoms with Crippen LogP contribution < -0.4 is 0 Å². The summed E-state index contributed by atoms with van der Waals surface area (Å²) in [5, 5.41) is 8.51. The second kappa shape index (κ2) is 4.49. The Labute approximate surface area is 94.6 Å². The van der Waals surface area contributed by atoms with Crippen LogP contribution in [-0.2, 0) is 11.3 Å². The lowest BCUT2D eigenvalue weighted by molar-refractivity contribution is 0.182. The lowest BCUT2D eigenvalue weighted by Crippen LogP contribution is -2.14. The van der Waals surface area contributed by atoms with Crippen molar-refractivity contribution in [3.8, 4) is 0 Å². The van der Waals surface area contributed by atoms with Gasteiger partial charge in [0.1, 0.15) is 5.82 Å². The number of nitrogens with zero attached hydrogens (tertiary/aromatic N) is 3. The van der Waals surface area contributed by atoms with Crippen LogP contribution >= 0.6 is 11.6 Å². The molecule has 0 aliphatic carbocycles. The largest absolute Gasteiger partial charge is 0.381 e. The molecular weight excluding hydrogens is 214 g/mol. The van der Waals surface area contributed by atoms with Crippen molar-refractivity contribution < 1.29 is 4.74 Å². The zero-order chi connectivity index (χ0) is 10.8. The Morgan fingerprint density at radius 1 is 1.53 bits per heavy atom. The van der Waals surface area contributed by atoms with Crippen LogP contribution in [0.5, 0.6) is 0 Å². The average Bonchev–Trinajstić information content (AvgIpc) is 2.78. The summed E-state index contributed by atoms with van der Waals surface area (Å²) in [6.07, 6.45) is 1.10. The van der Waals surface area contributed by atoms with Crippen LogP contribution in [-0.4, -0.2) is 28.0 Å². The van der Waals surface area contributed by atoms with Gasteiger partial charge in [-0.25, -0.2) is 0 Å². The molecule has 1 fully saturated rings. The van der Waals surface area contributed by atoms with Gasteiger partial charge in [-0.05, 0) is 18.0 Å². The molecule has 84 valence electrons. The molecule has 0 aromatic carbocycles. The molecule has 0 spiro atoms. The van der Waals surface area contributed by atoms with Crippen LogP contribution in [0.4, 0.5) is 0 Å². The zero-order valence-electron chi connectivity index (χ0n) is 9.11. The average molecular weight is 230 g/mol. The van der Waals surface area contributed by atoms with Gasteiger partial charge in [0.15, 0.2) is 0 Å². The summed E-state index contributed by atoms with van der Waals surface area (Å²) in [7, 11) is 0. The minimum absolute atomic E-state index is 0.354. The second-order valence-corrected chi connectivity index (χ2v) is 4.66. The smallest absolute Gasteiger partial charge is 0.225 e. The van der Waals surface area contributed by atoms with Gasteiger partial charge >= 0.3 is 0 Å². The quantitative estimate of drug-likeness (QED) is 0.797. The maximum atomic E-state index is 6.02. The van der Waals surface area contributed by atoms with Gasteiger partial charge < -0.3 is 9.30 Å². The van der Waals surface area contributed by atoms with Crippen LogP contribution in [0.15, 0.2) is 0 Å². The molecular formula is C10H16ClN3O. The first kappa shape index (κ1) is 10.9. The molecule has 1 aliphatic rings. The van der Waals surface area contributed by atoms with Crippen molar-refractivity contribution in [2.24, 2.45) is 5.92 Å². The van der Waals surface area contributed by atoms with Crippen molar-refractivity contribution in [1.82, 2.24) is 14.8 Å². The molecule has 1 aromatic heterocycles. The van der Waals surface area contributed by atoms with Crippen molar-refractivity contribution in [3.63, 3.8) is 0 Å². The first-order valence-electron chi connectivity index (χ1n) is 5.35. The normalized spacial score (nSPS) is 21.5. The summed E-state index contributed by atoms with van der Waals surface area (Å²) in [6.45, 7) is 6.76. The van der Waals surface area contributed by atoms with E-state index in [1.165, 1.54) is 0 Å².